The van der Waals surface area contributed by atoms with E-state index in [9.17, 15) is 4.79 Å². The van der Waals surface area contributed by atoms with E-state index in [0.717, 1.165) is 24.6 Å². The van der Waals surface area contributed by atoms with Gasteiger partial charge in [-0.15, -0.1) is 17.5 Å². The molecule has 6 nitrogen and oxygen atoms in total. The van der Waals surface area contributed by atoms with Crippen molar-refractivity contribution in [3.8, 4) is 0 Å². The van der Waals surface area contributed by atoms with Gasteiger partial charge in [0.25, 0.3) is 5.91 Å². The average molecular weight is 250 g/mol. The number of carbonyl (C=O) groups is 1. The third-order valence-corrected chi connectivity index (χ3v) is 2.67. The first-order valence-electron chi connectivity index (χ1n) is 4.37. The van der Waals surface area contributed by atoms with Gasteiger partial charge in [-0.2, -0.15) is 0 Å². The Balaban J connectivity index is 0.00000112. The topological polar surface area (TPSA) is 84.1 Å². The summed E-state index contributed by atoms with van der Waals surface area (Å²) in [6, 6.07) is 0. The van der Waals surface area contributed by atoms with Gasteiger partial charge in [-0.3, -0.25) is 4.79 Å². The minimum Gasteiger partial charge on any atom is -0.387 e. The number of piperazine rings is 1. The zero-order valence-corrected chi connectivity index (χ0v) is 9.61. The molecule has 15 heavy (non-hydrogen) atoms. The molecule has 1 amide bonds. The van der Waals surface area contributed by atoms with E-state index < -0.39 is 0 Å². The second-order valence-electron chi connectivity index (χ2n) is 3.03. The highest BCUT2D eigenvalue weighted by Gasteiger charge is 2.22. The van der Waals surface area contributed by atoms with Gasteiger partial charge in [-0.05, 0) is 0 Å². The smallest absolute Gasteiger partial charge is 0.277 e. The zero-order chi connectivity index (χ0) is 9.97. The highest BCUT2D eigenvalue weighted by molar-refractivity contribution is 7.10. The van der Waals surface area contributed by atoms with E-state index in [0.29, 0.717) is 18.1 Å². The second-order valence-corrected chi connectivity index (χ2v) is 3.81. The molecule has 84 valence electrons. The van der Waals surface area contributed by atoms with Gasteiger partial charge in [-0.1, -0.05) is 4.49 Å². The van der Waals surface area contributed by atoms with E-state index in [1.54, 1.807) is 4.90 Å². The van der Waals surface area contributed by atoms with Gasteiger partial charge in [0.2, 0.25) is 0 Å². The van der Waals surface area contributed by atoms with Gasteiger partial charge >= 0.3 is 0 Å². The van der Waals surface area contributed by atoms with Crippen LogP contribution >= 0.6 is 23.9 Å². The van der Waals surface area contributed by atoms with E-state index in [2.05, 4.69) is 14.9 Å². The van der Waals surface area contributed by atoms with Crippen molar-refractivity contribution in [3.63, 3.8) is 0 Å². The Morgan fingerprint density at radius 2 is 2.13 bits per heavy atom. The van der Waals surface area contributed by atoms with Crippen LogP contribution in [0.4, 0.5) is 5.00 Å². The Hall–Kier alpha value is -0.920. The molecule has 0 aliphatic carbocycles. The molecule has 0 radical (unpaired) electrons. The highest BCUT2D eigenvalue weighted by Crippen LogP contribution is 2.14. The molecule has 1 aliphatic rings. The van der Waals surface area contributed by atoms with Gasteiger partial charge in [0.1, 0.15) is 5.00 Å². The molecule has 2 rings (SSSR count). The average Bonchev–Trinajstić information content (AvgIpc) is 2.65. The summed E-state index contributed by atoms with van der Waals surface area (Å²) in [7, 11) is 0. The number of hydrogen-bond donors (Lipinski definition) is 2. The van der Waals surface area contributed by atoms with Gasteiger partial charge < -0.3 is 16.0 Å². The molecular weight excluding hydrogens is 238 g/mol. The lowest BCUT2D eigenvalue weighted by Gasteiger charge is -2.26. The number of carbonyl (C=O) groups excluding carboxylic acids is 1. The van der Waals surface area contributed by atoms with Gasteiger partial charge in [-0.25, -0.2) is 0 Å². The van der Waals surface area contributed by atoms with E-state index >= 15 is 0 Å². The fourth-order valence-corrected chi connectivity index (χ4v) is 1.79. The predicted molar refractivity (Wildman–Crippen MR) is 60.3 cm³/mol. The van der Waals surface area contributed by atoms with Crippen molar-refractivity contribution in [1.29, 1.82) is 0 Å². The number of nitrogens with one attached hydrogen (secondary N) is 1. The summed E-state index contributed by atoms with van der Waals surface area (Å²) in [6.45, 7) is 3.05. The molecule has 1 aromatic heterocycles. The zero-order valence-electron chi connectivity index (χ0n) is 7.97. The van der Waals surface area contributed by atoms with Gasteiger partial charge in [0.15, 0.2) is 5.69 Å². The number of amides is 1. The normalized spacial score (nSPS) is 15.9. The van der Waals surface area contributed by atoms with Gasteiger partial charge in [0.05, 0.1) is 0 Å². The molecule has 0 aromatic carbocycles. The van der Waals surface area contributed by atoms with Crippen molar-refractivity contribution in [2.75, 3.05) is 31.9 Å². The van der Waals surface area contributed by atoms with Crippen molar-refractivity contribution in [2.24, 2.45) is 0 Å². The molecule has 1 fully saturated rings. The number of hydrogen-bond acceptors (Lipinski definition) is 6. The molecular formula is C7H12ClN5OS. The van der Waals surface area contributed by atoms with Crippen LogP contribution in [0.15, 0.2) is 0 Å². The fraction of sp³-hybridized carbons (Fsp3) is 0.571. The maximum Gasteiger partial charge on any atom is 0.277 e. The largest absolute Gasteiger partial charge is 0.387 e. The number of nitrogen functional groups attached to an aromatic ring is 1. The number of nitrogens with two attached hydrogens (primary N) is 1. The molecule has 0 saturated carbocycles. The van der Waals surface area contributed by atoms with Crippen LogP contribution in [0.1, 0.15) is 10.5 Å². The minimum atomic E-state index is -0.113. The summed E-state index contributed by atoms with van der Waals surface area (Å²) < 4.78 is 3.64. The van der Waals surface area contributed by atoms with Crippen molar-refractivity contribution >= 4 is 34.8 Å². The first-order chi connectivity index (χ1) is 6.79. The highest BCUT2D eigenvalue weighted by atomic mass is 35.5. The maximum absolute atomic E-state index is 11.8. The molecule has 1 aliphatic heterocycles. The first-order valence-corrected chi connectivity index (χ1v) is 5.14. The van der Waals surface area contributed by atoms with Crippen LogP contribution in [0.2, 0.25) is 0 Å². The fourth-order valence-electron chi connectivity index (χ4n) is 1.36. The third-order valence-electron chi connectivity index (χ3n) is 2.12. The van der Waals surface area contributed by atoms with E-state index in [1.165, 1.54) is 0 Å². The number of aromatic nitrogens is 2. The Morgan fingerprint density at radius 3 is 2.67 bits per heavy atom. The first kappa shape index (κ1) is 12.2. The summed E-state index contributed by atoms with van der Waals surface area (Å²) >= 11 is 1.05. The van der Waals surface area contributed by atoms with E-state index in [1.807, 2.05) is 0 Å². The Bertz CT molecular complexity index is 338. The van der Waals surface area contributed by atoms with Crippen LogP contribution in [0.5, 0.6) is 0 Å². The van der Waals surface area contributed by atoms with E-state index in [-0.39, 0.29) is 24.0 Å². The summed E-state index contributed by atoms with van der Waals surface area (Å²) in [4.78, 5) is 13.5. The van der Waals surface area contributed by atoms with Crippen LogP contribution < -0.4 is 11.1 Å². The van der Waals surface area contributed by atoms with E-state index in [4.69, 9.17) is 5.73 Å². The standard InChI is InChI=1S/C7H11N5OS.ClH/c8-6-5(10-11-14-6)7(13)12-3-1-9-2-4-12;/h9H,1-4,8H2;1H. The number of halogens is 1. The van der Waals surface area contributed by atoms with Crippen LogP contribution in [-0.2, 0) is 0 Å². The molecule has 0 unspecified atom stereocenters. The summed E-state index contributed by atoms with van der Waals surface area (Å²) in [5.74, 6) is -0.113. The van der Waals surface area contributed by atoms with Gasteiger partial charge in [0, 0.05) is 37.7 Å². The third kappa shape index (κ3) is 2.55. The Morgan fingerprint density at radius 1 is 1.47 bits per heavy atom. The van der Waals surface area contributed by atoms with Crippen LogP contribution in [0.25, 0.3) is 0 Å². The lowest BCUT2D eigenvalue weighted by Crippen LogP contribution is -2.46. The van der Waals surface area contributed by atoms with Crippen LogP contribution in [-0.4, -0.2) is 46.6 Å². The molecule has 0 spiro atoms. The van der Waals surface area contributed by atoms with Crippen molar-refractivity contribution in [3.05, 3.63) is 5.69 Å². The van der Waals surface area contributed by atoms with Crippen LogP contribution in [0.3, 0.4) is 0 Å². The number of rotatable bonds is 1. The molecule has 8 heteroatoms. The number of nitrogens with zero attached hydrogens (tertiary/aromatic N) is 3. The summed E-state index contributed by atoms with van der Waals surface area (Å²) in [6.07, 6.45) is 0. The molecule has 0 atom stereocenters. The summed E-state index contributed by atoms with van der Waals surface area (Å²) in [5.41, 5.74) is 5.87. The van der Waals surface area contributed by atoms with Crippen molar-refractivity contribution in [2.45, 2.75) is 0 Å². The quantitative estimate of drug-likeness (QED) is 0.707. The monoisotopic (exact) mass is 249 g/mol. The second kappa shape index (κ2) is 5.24. The Kier molecular flexibility index (Phi) is 4.25. The summed E-state index contributed by atoms with van der Waals surface area (Å²) in [5, 5.41) is 7.29. The Labute approximate surface area is 97.4 Å². The molecule has 3 N–H and O–H groups in total. The lowest BCUT2D eigenvalue weighted by atomic mass is 10.3. The van der Waals surface area contributed by atoms with Crippen LogP contribution in [0, 0.1) is 0 Å². The molecule has 1 saturated heterocycles. The maximum atomic E-state index is 11.8. The SMILES string of the molecule is Cl.Nc1snnc1C(=O)N1CCNCC1. The minimum absolute atomic E-state index is 0. The lowest BCUT2D eigenvalue weighted by molar-refractivity contribution is 0.0731. The molecule has 0 bridgehead atoms. The van der Waals surface area contributed by atoms with Crippen molar-refractivity contribution < 1.29 is 4.79 Å². The van der Waals surface area contributed by atoms with Crippen molar-refractivity contribution in [1.82, 2.24) is 19.8 Å². The molecule has 1 aromatic rings. The molecule has 2 heterocycles. The number of anilines is 1. The predicted octanol–water partition coefficient (Wildman–Crippen LogP) is -0.413.